The molecule has 1 aliphatic carbocycles. The predicted octanol–water partition coefficient (Wildman–Crippen LogP) is 0.556. The van der Waals surface area contributed by atoms with E-state index in [0.29, 0.717) is 6.61 Å². The van der Waals surface area contributed by atoms with Crippen LogP contribution in [-0.4, -0.2) is 73.5 Å². The Hall–Kier alpha value is -0.160. The van der Waals surface area contributed by atoms with Crippen molar-refractivity contribution in [2.75, 3.05) is 52.5 Å². The summed E-state index contributed by atoms with van der Waals surface area (Å²) in [7, 11) is 0. The quantitative estimate of drug-likeness (QED) is 0.738. The first-order valence-corrected chi connectivity index (χ1v) is 7.05. The van der Waals surface area contributed by atoms with Gasteiger partial charge in [-0.3, -0.25) is 9.80 Å². The molecule has 17 heavy (non-hydrogen) atoms. The van der Waals surface area contributed by atoms with Gasteiger partial charge in [-0.15, -0.1) is 0 Å². The van der Waals surface area contributed by atoms with Crippen LogP contribution in [0.25, 0.3) is 0 Å². The van der Waals surface area contributed by atoms with Gasteiger partial charge < -0.3 is 9.84 Å². The Morgan fingerprint density at radius 1 is 1.12 bits per heavy atom. The summed E-state index contributed by atoms with van der Waals surface area (Å²) < 4.78 is 5.36. The Bertz CT molecular complexity index is 202. The molecule has 0 amide bonds. The number of aliphatic hydroxyl groups is 1. The molecule has 0 unspecified atom stereocenters. The van der Waals surface area contributed by atoms with Crippen LogP contribution in [0.2, 0.25) is 0 Å². The molecule has 1 saturated carbocycles. The van der Waals surface area contributed by atoms with Gasteiger partial charge >= 0.3 is 0 Å². The highest BCUT2D eigenvalue weighted by Gasteiger charge is 2.22. The van der Waals surface area contributed by atoms with E-state index in [4.69, 9.17) is 9.84 Å². The van der Waals surface area contributed by atoms with Crippen molar-refractivity contribution in [3.8, 4) is 0 Å². The summed E-state index contributed by atoms with van der Waals surface area (Å²) in [6, 6.07) is 0.725. The molecule has 0 bridgehead atoms. The van der Waals surface area contributed by atoms with Crippen LogP contribution in [0, 0.1) is 0 Å². The van der Waals surface area contributed by atoms with Crippen LogP contribution in [0.1, 0.15) is 25.7 Å². The molecule has 2 rings (SSSR count). The van der Waals surface area contributed by atoms with Gasteiger partial charge in [0.2, 0.25) is 0 Å². The van der Waals surface area contributed by atoms with Crippen molar-refractivity contribution in [1.82, 2.24) is 9.80 Å². The van der Waals surface area contributed by atoms with Gasteiger partial charge in [-0.05, 0) is 12.8 Å². The molecule has 1 saturated heterocycles. The van der Waals surface area contributed by atoms with Crippen molar-refractivity contribution in [1.29, 1.82) is 0 Å². The number of morpholine rings is 1. The third-order valence-electron chi connectivity index (χ3n) is 4.04. The van der Waals surface area contributed by atoms with Gasteiger partial charge in [-0.25, -0.2) is 0 Å². The Morgan fingerprint density at radius 2 is 1.82 bits per heavy atom. The third-order valence-corrected chi connectivity index (χ3v) is 4.04. The Balaban J connectivity index is 1.72. The minimum Gasteiger partial charge on any atom is -0.395 e. The van der Waals surface area contributed by atoms with Crippen LogP contribution in [-0.2, 0) is 4.74 Å². The van der Waals surface area contributed by atoms with E-state index in [2.05, 4.69) is 9.80 Å². The Morgan fingerprint density at radius 3 is 2.47 bits per heavy atom. The van der Waals surface area contributed by atoms with Crippen LogP contribution in [0.3, 0.4) is 0 Å². The summed E-state index contributed by atoms with van der Waals surface area (Å²) in [5.41, 5.74) is 0. The highest BCUT2D eigenvalue weighted by molar-refractivity contribution is 4.78. The van der Waals surface area contributed by atoms with Gasteiger partial charge in [0, 0.05) is 38.8 Å². The number of nitrogens with zero attached hydrogens (tertiary/aromatic N) is 2. The van der Waals surface area contributed by atoms with E-state index in [9.17, 15) is 0 Å². The fourth-order valence-corrected chi connectivity index (χ4v) is 2.97. The van der Waals surface area contributed by atoms with Crippen molar-refractivity contribution >= 4 is 0 Å². The van der Waals surface area contributed by atoms with Crippen molar-refractivity contribution in [3.63, 3.8) is 0 Å². The molecule has 0 aromatic carbocycles. The zero-order valence-corrected chi connectivity index (χ0v) is 10.8. The largest absolute Gasteiger partial charge is 0.395 e. The zero-order chi connectivity index (χ0) is 11.9. The molecule has 0 spiro atoms. The highest BCUT2D eigenvalue weighted by atomic mass is 16.5. The molecule has 0 atom stereocenters. The standard InChI is InChI=1S/C13H26N2O2/c16-10-7-15(13-3-1-2-4-13)6-5-14-8-11-17-12-9-14/h13,16H,1-12H2. The van der Waals surface area contributed by atoms with E-state index in [1.54, 1.807) is 0 Å². The maximum Gasteiger partial charge on any atom is 0.0594 e. The average Bonchev–Trinajstić information content (AvgIpc) is 2.89. The predicted molar refractivity (Wildman–Crippen MR) is 68.2 cm³/mol. The summed E-state index contributed by atoms with van der Waals surface area (Å²) in [5, 5.41) is 9.16. The SMILES string of the molecule is OCCN(CCN1CCOCC1)C1CCCC1. The van der Waals surface area contributed by atoms with Gasteiger partial charge in [-0.1, -0.05) is 12.8 Å². The molecular weight excluding hydrogens is 216 g/mol. The van der Waals surface area contributed by atoms with Gasteiger partial charge in [-0.2, -0.15) is 0 Å². The molecule has 0 aromatic heterocycles. The maximum absolute atomic E-state index is 9.16. The van der Waals surface area contributed by atoms with Crippen molar-refractivity contribution in [2.24, 2.45) is 0 Å². The van der Waals surface area contributed by atoms with Crippen LogP contribution in [0.4, 0.5) is 0 Å². The molecule has 4 heteroatoms. The summed E-state index contributed by atoms with van der Waals surface area (Å²) >= 11 is 0. The van der Waals surface area contributed by atoms with Crippen molar-refractivity contribution in [2.45, 2.75) is 31.7 Å². The van der Waals surface area contributed by atoms with E-state index in [0.717, 1.165) is 52.0 Å². The van der Waals surface area contributed by atoms with E-state index in [-0.39, 0.29) is 0 Å². The summed E-state index contributed by atoms with van der Waals surface area (Å²) in [6.45, 7) is 7.25. The summed E-state index contributed by atoms with van der Waals surface area (Å²) in [6.07, 6.45) is 5.38. The zero-order valence-electron chi connectivity index (χ0n) is 10.8. The first kappa shape index (κ1) is 13.3. The smallest absolute Gasteiger partial charge is 0.0594 e. The minimum absolute atomic E-state index is 0.291. The number of hydrogen-bond donors (Lipinski definition) is 1. The average molecular weight is 242 g/mol. The fourth-order valence-electron chi connectivity index (χ4n) is 2.97. The van der Waals surface area contributed by atoms with Crippen LogP contribution < -0.4 is 0 Å². The van der Waals surface area contributed by atoms with Crippen molar-refractivity contribution < 1.29 is 9.84 Å². The maximum atomic E-state index is 9.16. The molecule has 4 nitrogen and oxygen atoms in total. The lowest BCUT2D eigenvalue weighted by Crippen LogP contribution is -2.44. The topological polar surface area (TPSA) is 35.9 Å². The molecule has 1 N–H and O–H groups in total. The monoisotopic (exact) mass is 242 g/mol. The fraction of sp³-hybridized carbons (Fsp3) is 1.00. The molecule has 0 aromatic rings. The van der Waals surface area contributed by atoms with Gasteiger partial charge in [0.05, 0.1) is 19.8 Å². The first-order chi connectivity index (χ1) is 8.40. The van der Waals surface area contributed by atoms with E-state index in [1.807, 2.05) is 0 Å². The first-order valence-electron chi connectivity index (χ1n) is 7.05. The molecule has 2 fully saturated rings. The second-order valence-electron chi connectivity index (χ2n) is 5.15. The molecular formula is C13H26N2O2. The normalized spacial score (nSPS) is 23.6. The lowest BCUT2D eigenvalue weighted by molar-refractivity contribution is 0.0295. The van der Waals surface area contributed by atoms with E-state index in [1.165, 1.54) is 25.7 Å². The van der Waals surface area contributed by atoms with E-state index < -0.39 is 0 Å². The second-order valence-corrected chi connectivity index (χ2v) is 5.15. The number of aliphatic hydroxyl groups excluding tert-OH is 1. The highest BCUT2D eigenvalue weighted by Crippen LogP contribution is 2.23. The number of rotatable bonds is 6. The van der Waals surface area contributed by atoms with Crippen LogP contribution in [0.15, 0.2) is 0 Å². The summed E-state index contributed by atoms with van der Waals surface area (Å²) in [4.78, 5) is 4.96. The van der Waals surface area contributed by atoms with Crippen LogP contribution in [0.5, 0.6) is 0 Å². The van der Waals surface area contributed by atoms with Gasteiger partial charge in [0.15, 0.2) is 0 Å². The van der Waals surface area contributed by atoms with Gasteiger partial charge in [0.25, 0.3) is 0 Å². The molecule has 0 radical (unpaired) electrons. The lowest BCUT2D eigenvalue weighted by atomic mass is 10.2. The molecule has 100 valence electrons. The Kier molecular flexibility index (Phi) is 5.71. The summed E-state index contributed by atoms with van der Waals surface area (Å²) in [5.74, 6) is 0. The second kappa shape index (κ2) is 7.31. The van der Waals surface area contributed by atoms with E-state index >= 15 is 0 Å². The molecule has 1 heterocycles. The molecule has 2 aliphatic rings. The van der Waals surface area contributed by atoms with Crippen LogP contribution >= 0.6 is 0 Å². The Labute approximate surface area is 105 Å². The number of hydrogen-bond acceptors (Lipinski definition) is 4. The molecule has 1 aliphatic heterocycles. The third kappa shape index (κ3) is 4.21. The van der Waals surface area contributed by atoms with Crippen molar-refractivity contribution in [3.05, 3.63) is 0 Å². The minimum atomic E-state index is 0.291. The number of ether oxygens (including phenoxy) is 1. The lowest BCUT2D eigenvalue weighted by Gasteiger charge is -2.32. The van der Waals surface area contributed by atoms with Gasteiger partial charge in [0.1, 0.15) is 0 Å².